The van der Waals surface area contributed by atoms with Gasteiger partial charge in [-0.1, -0.05) is 12.0 Å². The summed E-state index contributed by atoms with van der Waals surface area (Å²) < 4.78 is 41.7. The molecule has 35 heavy (non-hydrogen) atoms. The van der Waals surface area contributed by atoms with Crippen LogP contribution in [0, 0.1) is 24.0 Å². The lowest BCUT2D eigenvalue weighted by molar-refractivity contribution is 0.379. The predicted molar refractivity (Wildman–Crippen MR) is 129 cm³/mol. The Kier molecular flexibility index (Phi) is 5.73. The van der Waals surface area contributed by atoms with Gasteiger partial charge in [-0.05, 0) is 42.8 Å². The van der Waals surface area contributed by atoms with E-state index >= 15 is 4.39 Å². The lowest BCUT2D eigenvalue weighted by atomic mass is 9.95. The molecule has 178 valence electrons. The Hall–Kier alpha value is -4.19. The number of terminal acetylenes is 1. The molecule has 3 heterocycles. The standard InChI is InChI=1S/C26H22F2N4O3/c1-4-16-18(27)9-8-14-12-15(33)13-17(19(14)16)22-21(28)23-20(25(29-22)34-2)24(31-26(30-23)35-3)32-10-6-5-7-11-32/h1,8-9,12-13,33H,5-7,10-11H2,2-3H3. The van der Waals surface area contributed by atoms with Gasteiger partial charge in [-0.2, -0.15) is 9.97 Å². The van der Waals surface area contributed by atoms with E-state index in [1.807, 2.05) is 4.90 Å². The number of fused-ring (bicyclic) bond motifs is 2. The SMILES string of the molecule is C#Cc1c(F)ccc2cc(O)cc(-c3nc(OC)c4c(N5CCCCC5)nc(OC)nc4c3F)c12. The molecule has 1 aliphatic heterocycles. The highest BCUT2D eigenvalue weighted by molar-refractivity contribution is 6.04. The van der Waals surface area contributed by atoms with E-state index in [1.54, 1.807) is 0 Å². The zero-order valence-corrected chi connectivity index (χ0v) is 19.2. The monoisotopic (exact) mass is 476 g/mol. The molecule has 7 nitrogen and oxygen atoms in total. The Morgan fingerprint density at radius 1 is 1.00 bits per heavy atom. The van der Waals surface area contributed by atoms with Crippen LogP contribution in [-0.2, 0) is 0 Å². The van der Waals surface area contributed by atoms with E-state index in [1.165, 1.54) is 38.5 Å². The van der Waals surface area contributed by atoms with Crippen molar-refractivity contribution in [3.8, 4) is 41.2 Å². The Morgan fingerprint density at radius 3 is 2.46 bits per heavy atom. The van der Waals surface area contributed by atoms with Crippen molar-refractivity contribution in [2.75, 3.05) is 32.2 Å². The summed E-state index contributed by atoms with van der Waals surface area (Å²) in [5.41, 5.74) is -0.202. The minimum Gasteiger partial charge on any atom is -0.508 e. The quantitative estimate of drug-likeness (QED) is 0.423. The van der Waals surface area contributed by atoms with Crippen molar-refractivity contribution < 1.29 is 23.4 Å². The number of ether oxygens (including phenoxy) is 2. The van der Waals surface area contributed by atoms with E-state index in [0.717, 1.165) is 32.4 Å². The van der Waals surface area contributed by atoms with Gasteiger partial charge in [0.1, 0.15) is 34.0 Å². The Morgan fingerprint density at radius 2 is 1.77 bits per heavy atom. The van der Waals surface area contributed by atoms with Crippen LogP contribution >= 0.6 is 0 Å². The van der Waals surface area contributed by atoms with Gasteiger partial charge in [-0.15, -0.1) is 6.42 Å². The summed E-state index contributed by atoms with van der Waals surface area (Å²) in [6.07, 6.45) is 8.64. The third-order valence-corrected chi connectivity index (χ3v) is 6.20. The number of phenolic OH excluding ortho intramolecular Hbond substituents is 1. The smallest absolute Gasteiger partial charge is 0.318 e. The van der Waals surface area contributed by atoms with Crippen LogP contribution in [0.3, 0.4) is 0 Å². The zero-order valence-electron chi connectivity index (χ0n) is 19.2. The van der Waals surface area contributed by atoms with Crippen molar-refractivity contribution in [2.24, 2.45) is 0 Å². The summed E-state index contributed by atoms with van der Waals surface area (Å²) in [5.74, 6) is 1.30. The topological polar surface area (TPSA) is 80.6 Å². The molecular weight excluding hydrogens is 454 g/mol. The fourth-order valence-electron chi connectivity index (χ4n) is 4.61. The molecule has 5 rings (SSSR count). The van der Waals surface area contributed by atoms with Gasteiger partial charge in [-0.3, -0.25) is 0 Å². The zero-order chi connectivity index (χ0) is 24.7. The first kappa shape index (κ1) is 22.6. The van der Waals surface area contributed by atoms with Crippen LogP contribution < -0.4 is 14.4 Å². The Balaban J connectivity index is 1.88. The van der Waals surface area contributed by atoms with Crippen LogP contribution in [0.2, 0.25) is 0 Å². The predicted octanol–water partition coefficient (Wildman–Crippen LogP) is 4.82. The maximum Gasteiger partial charge on any atom is 0.318 e. The first-order valence-corrected chi connectivity index (χ1v) is 11.1. The highest BCUT2D eigenvalue weighted by Gasteiger charge is 2.27. The van der Waals surface area contributed by atoms with Gasteiger partial charge in [0.15, 0.2) is 5.82 Å². The maximum atomic E-state index is 16.2. The molecule has 0 amide bonds. The fourth-order valence-corrected chi connectivity index (χ4v) is 4.61. The van der Waals surface area contributed by atoms with Crippen LogP contribution in [0.5, 0.6) is 17.6 Å². The number of hydrogen-bond donors (Lipinski definition) is 1. The number of benzene rings is 2. The molecule has 0 unspecified atom stereocenters. The van der Waals surface area contributed by atoms with E-state index < -0.39 is 11.6 Å². The second kappa shape index (κ2) is 8.87. The number of anilines is 1. The average Bonchev–Trinajstić information content (AvgIpc) is 2.88. The van der Waals surface area contributed by atoms with Crippen molar-refractivity contribution in [1.82, 2.24) is 15.0 Å². The first-order chi connectivity index (χ1) is 17.0. The van der Waals surface area contributed by atoms with Gasteiger partial charge in [0.2, 0.25) is 5.88 Å². The van der Waals surface area contributed by atoms with Gasteiger partial charge < -0.3 is 19.5 Å². The Bertz CT molecular complexity index is 1510. The summed E-state index contributed by atoms with van der Waals surface area (Å²) in [6, 6.07) is 5.38. The van der Waals surface area contributed by atoms with Crippen molar-refractivity contribution >= 4 is 27.5 Å². The molecular formula is C26H22F2N4O3. The van der Waals surface area contributed by atoms with Crippen molar-refractivity contribution in [1.29, 1.82) is 0 Å². The van der Waals surface area contributed by atoms with Crippen LogP contribution in [0.4, 0.5) is 14.6 Å². The number of nitrogens with zero attached hydrogens (tertiary/aromatic N) is 4. The molecule has 1 N–H and O–H groups in total. The number of phenols is 1. The molecule has 1 fully saturated rings. The van der Waals surface area contributed by atoms with Crippen molar-refractivity contribution in [3.63, 3.8) is 0 Å². The summed E-state index contributed by atoms with van der Waals surface area (Å²) in [5, 5.41) is 11.3. The summed E-state index contributed by atoms with van der Waals surface area (Å²) in [4.78, 5) is 15.2. The molecule has 0 bridgehead atoms. The summed E-state index contributed by atoms with van der Waals surface area (Å²) >= 11 is 0. The molecule has 1 saturated heterocycles. The number of hydrogen-bond acceptors (Lipinski definition) is 7. The molecule has 0 atom stereocenters. The fraction of sp³-hybridized carbons (Fsp3) is 0.269. The second-order valence-corrected chi connectivity index (χ2v) is 8.25. The molecule has 0 spiro atoms. The van der Waals surface area contributed by atoms with E-state index in [9.17, 15) is 9.50 Å². The minimum atomic E-state index is -0.793. The minimum absolute atomic E-state index is 0.00713. The van der Waals surface area contributed by atoms with Crippen LogP contribution in [0.1, 0.15) is 24.8 Å². The normalized spacial score (nSPS) is 13.7. The number of halogens is 2. The lowest BCUT2D eigenvalue weighted by Gasteiger charge is -2.29. The van der Waals surface area contributed by atoms with Crippen LogP contribution in [0.15, 0.2) is 24.3 Å². The first-order valence-electron chi connectivity index (χ1n) is 11.1. The number of aromatic nitrogens is 3. The van der Waals surface area contributed by atoms with E-state index in [0.29, 0.717) is 16.6 Å². The lowest BCUT2D eigenvalue weighted by Crippen LogP contribution is -2.30. The average molecular weight is 476 g/mol. The largest absolute Gasteiger partial charge is 0.508 e. The second-order valence-electron chi connectivity index (χ2n) is 8.25. The summed E-state index contributed by atoms with van der Waals surface area (Å²) in [7, 11) is 2.82. The van der Waals surface area contributed by atoms with E-state index in [-0.39, 0.29) is 45.4 Å². The van der Waals surface area contributed by atoms with Gasteiger partial charge >= 0.3 is 6.01 Å². The number of aromatic hydroxyl groups is 1. The Labute approximate surface area is 200 Å². The number of rotatable bonds is 4. The van der Waals surface area contributed by atoms with Crippen LogP contribution in [0.25, 0.3) is 32.9 Å². The third-order valence-electron chi connectivity index (χ3n) is 6.20. The molecule has 2 aromatic carbocycles. The highest BCUT2D eigenvalue weighted by atomic mass is 19.1. The molecule has 0 saturated carbocycles. The van der Waals surface area contributed by atoms with Gasteiger partial charge in [0, 0.05) is 24.0 Å². The van der Waals surface area contributed by atoms with E-state index in [4.69, 9.17) is 15.9 Å². The number of piperidine rings is 1. The summed E-state index contributed by atoms with van der Waals surface area (Å²) in [6.45, 7) is 1.48. The molecule has 2 aromatic heterocycles. The number of methoxy groups -OCH3 is 2. The molecule has 4 aromatic rings. The third kappa shape index (κ3) is 3.71. The van der Waals surface area contributed by atoms with Gasteiger partial charge in [-0.25, -0.2) is 13.8 Å². The molecule has 9 heteroatoms. The van der Waals surface area contributed by atoms with Gasteiger partial charge in [0.25, 0.3) is 0 Å². The molecule has 1 aliphatic rings. The number of pyridine rings is 1. The highest BCUT2D eigenvalue weighted by Crippen LogP contribution is 2.42. The van der Waals surface area contributed by atoms with Gasteiger partial charge in [0.05, 0.1) is 19.8 Å². The molecule has 0 radical (unpaired) electrons. The maximum absolute atomic E-state index is 16.2. The van der Waals surface area contributed by atoms with Crippen molar-refractivity contribution in [3.05, 3.63) is 41.5 Å². The van der Waals surface area contributed by atoms with Crippen molar-refractivity contribution in [2.45, 2.75) is 19.3 Å². The van der Waals surface area contributed by atoms with Crippen LogP contribution in [-0.4, -0.2) is 47.4 Å². The molecule has 0 aliphatic carbocycles. The van der Waals surface area contributed by atoms with E-state index in [2.05, 4.69) is 20.9 Å².